The molecule has 0 saturated carbocycles. The van der Waals surface area contributed by atoms with Gasteiger partial charge in [-0.1, -0.05) is 20.3 Å². The summed E-state index contributed by atoms with van der Waals surface area (Å²) in [5.74, 6) is 1.46. The van der Waals surface area contributed by atoms with E-state index in [1.54, 1.807) is 0 Å². The zero-order valence-electron chi connectivity index (χ0n) is 11.3. The van der Waals surface area contributed by atoms with Crippen molar-refractivity contribution >= 4 is 0 Å². The molecule has 0 amide bonds. The molecule has 1 fully saturated rings. The first kappa shape index (κ1) is 13.4. The van der Waals surface area contributed by atoms with Crippen molar-refractivity contribution in [3.05, 3.63) is 5.82 Å². The van der Waals surface area contributed by atoms with Gasteiger partial charge in [0.1, 0.15) is 0 Å². The first-order valence-corrected chi connectivity index (χ1v) is 6.86. The summed E-state index contributed by atoms with van der Waals surface area (Å²) in [6, 6.07) is 0.251. The van der Waals surface area contributed by atoms with Crippen molar-refractivity contribution in [1.82, 2.24) is 25.1 Å². The van der Waals surface area contributed by atoms with Crippen LogP contribution in [0.15, 0.2) is 0 Å². The standard InChI is InChI=1S/C12H23N5O/c1-3-4-6-17-12(13-14-15-17)8-16-7-5-10(2)11(16)9-18/h10-11,18H,3-9H2,1-2H3. The van der Waals surface area contributed by atoms with E-state index in [2.05, 4.69) is 34.3 Å². The third-order valence-corrected chi connectivity index (χ3v) is 3.86. The molecule has 1 aromatic rings. The predicted molar refractivity (Wildman–Crippen MR) is 67.8 cm³/mol. The fourth-order valence-corrected chi connectivity index (χ4v) is 2.58. The molecule has 102 valence electrons. The van der Waals surface area contributed by atoms with Crippen molar-refractivity contribution in [2.75, 3.05) is 13.2 Å². The topological polar surface area (TPSA) is 67.1 Å². The van der Waals surface area contributed by atoms with Crippen molar-refractivity contribution in [1.29, 1.82) is 0 Å². The van der Waals surface area contributed by atoms with Gasteiger partial charge in [-0.05, 0) is 35.7 Å². The Balaban J connectivity index is 1.98. The lowest BCUT2D eigenvalue weighted by molar-refractivity contribution is 0.130. The summed E-state index contributed by atoms with van der Waals surface area (Å²) in [4.78, 5) is 2.29. The van der Waals surface area contributed by atoms with Crippen LogP contribution in [0, 0.1) is 5.92 Å². The largest absolute Gasteiger partial charge is 0.395 e. The van der Waals surface area contributed by atoms with Crippen LogP contribution in [0.5, 0.6) is 0 Å². The summed E-state index contributed by atoms with van der Waals surface area (Å²) in [5.41, 5.74) is 0. The van der Waals surface area contributed by atoms with Gasteiger partial charge in [0.05, 0.1) is 13.2 Å². The van der Waals surface area contributed by atoms with E-state index in [4.69, 9.17) is 0 Å². The molecule has 18 heavy (non-hydrogen) atoms. The summed E-state index contributed by atoms with van der Waals surface area (Å²) < 4.78 is 1.89. The van der Waals surface area contributed by atoms with Crippen molar-refractivity contribution in [3.63, 3.8) is 0 Å². The van der Waals surface area contributed by atoms with Crippen LogP contribution >= 0.6 is 0 Å². The maximum Gasteiger partial charge on any atom is 0.165 e. The summed E-state index contributed by atoms with van der Waals surface area (Å²) >= 11 is 0. The van der Waals surface area contributed by atoms with Gasteiger partial charge in [0.2, 0.25) is 0 Å². The molecular formula is C12H23N5O. The second kappa shape index (κ2) is 6.24. The molecule has 0 aromatic carbocycles. The summed E-state index contributed by atoms with van der Waals surface area (Å²) in [7, 11) is 0. The highest BCUT2D eigenvalue weighted by atomic mass is 16.3. The molecule has 1 saturated heterocycles. The van der Waals surface area contributed by atoms with Crippen LogP contribution in [0.4, 0.5) is 0 Å². The van der Waals surface area contributed by atoms with Gasteiger partial charge in [0, 0.05) is 12.6 Å². The van der Waals surface area contributed by atoms with Crippen LogP contribution in [-0.2, 0) is 13.1 Å². The Morgan fingerprint density at radius 3 is 3.00 bits per heavy atom. The molecule has 0 spiro atoms. The highest BCUT2D eigenvalue weighted by Gasteiger charge is 2.31. The third-order valence-electron chi connectivity index (χ3n) is 3.86. The van der Waals surface area contributed by atoms with Gasteiger partial charge in [0.25, 0.3) is 0 Å². The van der Waals surface area contributed by atoms with Crippen molar-refractivity contribution in [2.45, 2.75) is 52.2 Å². The zero-order valence-corrected chi connectivity index (χ0v) is 11.3. The summed E-state index contributed by atoms with van der Waals surface area (Å²) in [6.07, 6.45) is 3.37. The molecular weight excluding hydrogens is 230 g/mol. The smallest absolute Gasteiger partial charge is 0.165 e. The first-order valence-electron chi connectivity index (χ1n) is 6.86. The van der Waals surface area contributed by atoms with Gasteiger partial charge in [-0.2, -0.15) is 0 Å². The van der Waals surface area contributed by atoms with E-state index in [1.807, 2.05) is 4.68 Å². The third kappa shape index (κ3) is 2.87. The van der Waals surface area contributed by atoms with Gasteiger partial charge in [-0.25, -0.2) is 4.68 Å². The zero-order chi connectivity index (χ0) is 13.0. The van der Waals surface area contributed by atoms with Gasteiger partial charge in [-0.15, -0.1) is 5.10 Å². The number of hydrogen-bond acceptors (Lipinski definition) is 5. The molecule has 1 aromatic heterocycles. The van der Waals surface area contributed by atoms with E-state index < -0.39 is 0 Å². The van der Waals surface area contributed by atoms with Crippen LogP contribution in [0.25, 0.3) is 0 Å². The predicted octanol–water partition coefficient (Wildman–Crippen LogP) is 0.676. The van der Waals surface area contributed by atoms with Crippen LogP contribution in [-0.4, -0.2) is 49.4 Å². The second-order valence-electron chi connectivity index (χ2n) is 5.16. The van der Waals surface area contributed by atoms with Gasteiger partial charge >= 0.3 is 0 Å². The number of unbranched alkanes of at least 4 members (excludes halogenated alkanes) is 1. The Bertz CT molecular complexity index is 367. The second-order valence-corrected chi connectivity index (χ2v) is 5.16. The SMILES string of the molecule is CCCCn1nnnc1CN1CCC(C)C1CO. The Morgan fingerprint density at radius 2 is 2.28 bits per heavy atom. The minimum atomic E-state index is 0.220. The number of nitrogens with zero attached hydrogens (tertiary/aromatic N) is 5. The van der Waals surface area contributed by atoms with Crippen LogP contribution in [0.2, 0.25) is 0 Å². The summed E-state index contributed by atoms with van der Waals surface area (Å²) in [5, 5.41) is 21.3. The fourth-order valence-electron chi connectivity index (χ4n) is 2.58. The first-order chi connectivity index (χ1) is 8.76. The maximum atomic E-state index is 9.45. The molecule has 0 bridgehead atoms. The molecule has 1 aliphatic heterocycles. The number of aryl methyl sites for hydroxylation is 1. The number of aliphatic hydroxyl groups excluding tert-OH is 1. The highest BCUT2D eigenvalue weighted by molar-refractivity contribution is 4.89. The Hall–Kier alpha value is -1.01. The normalized spacial score (nSPS) is 24.8. The van der Waals surface area contributed by atoms with Gasteiger partial charge in [0.15, 0.2) is 5.82 Å². The van der Waals surface area contributed by atoms with E-state index in [-0.39, 0.29) is 12.6 Å². The minimum Gasteiger partial charge on any atom is -0.395 e. The number of aromatic nitrogens is 4. The van der Waals surface area contributed by atoms with Crippen LogP contribution in [0.3, 0.4) is 0 Å². The number of tetrazole rings is 1. The molecule has 2 unspecified atom stereocenters. The number of likely N-dealkylation sites (tertiary alicyclic amines) is 1. The molecule has 1 N–H and O–H groups in total. The molecule has 0 aliphatic carbocycles. The lowest BCUT2D eigenvalue weighted by Gasteiger charge is -2.24. The Labute approximate surface area is 108 Å². The Morgan fingerprint density at radius 1 is 1.44 bits per heavy atom. The number of aliphatic hydroxyl groups is 1. The lowest BCUT2D eigenvalue weighted by Crippen LogP contribution is -2.35. The van der Waals surface area contributed by atoms with Gasteiger partial charge < -0.3 is 5.11 Å². The van der Waals surface area contributed by atoms with Crippen LogP contribution < -0.4 is 0 Å². The van der Waals surface area contributed by atoms with E-state index in [9.17, 15) is 5.11 Å². The fraction of sp³-hybridized carbons (Fsp3) is 0.917. The molecule has 2 heterocycles. The van der Waals surface area contributed by atoms with E-state index in [1.165, 1.54) is 0 Å². The van der Waals surface area contributed by atoms with E-state index in [0.717, 1.165) is 44.7 Å². The van der Waals surface area contributed by atoms with Gasteiger partial charge in [-0.3, -0.25) is 4.90 Å². The van der Waals surface area contributed by atoms with Crippen molar-refractivity contribution in [3.8, 4) is 0 Å². The maximum absolute atomic E-state index is 9.45. The molecule has 0 radical (unpaired) electrons. The molecule has 2 rings (SSSR count). The van der Waals surface area contributed by atoms with Crippen molar-refractivity contribution < 1.29 is 5.11 Å². The molecule has 1 aliphatic rings. The van der Waals surface area contributed by atoms with Crippen LogP contribution in [0.1, 0.15) is 38.9 Å². The average Bonchev–Trinajstić information content (AvgIpc) is 2.94. The quantitative estimate of drug-likeness (QED) is 0.807. The van der Waals surface area contributed by atoms with E-state index >= 15 is 0 Å². The molecule has 6 heteroatoms. The monoisotopic (exact) mass is 253 g/mol. The lowest BCUT2D eigenvalue weighted by atomic mass is 10.0. The highest BCUT2D eigenvalue weighted by Crippen LogP contribution is 2.24. The average molecular weight is 253 g/mol. The minimum absolute atomic E-state index is 0.220. The molecule has 2 atom stereocenters. The summed E-state index contributed by atoms with van der Waals surface area (Å²) in [6.45, 7) is 7.22. The number of rotatable bonds is 6. The molecule has 6 nitrogen and oxygen atoms in total. The van der Waals surface area contributed by atoms with Crippen molar-refractivity contribution in [2.24, 2.45) is 5.92 Å². The number of hydrogen-bond donors (Lipinski definition) is 1. The Kier molecular flexibility index (Phi) is 4.66. The van der Waals surface area contributed by atoms with E-state index in [0.29, 0.717) is 5.92 Å².